The number of thiophene rings is 1. The molecule has 2 heterocycles. The second kappa shape index (κ2) is 7.49. The number of aromatic nitrogens is 1. The van der Waals surface area contributed by atoms with E-state index in [1.165, 1.54) is 12.1 Å². The lowest BCUT2D eigenvalue weighted by molar-refractivity contribution is -0.136. The lowest BCUT2D eigenvalue weighted by Crippen LogP contribution is -2.04. The van der Waals surface area contributed by atoms with Crippen LogP contribution in [-0.2, 0) is 17.8 Å². The average molecular weight is 349 g/mol. The lowest BCUT2D eigenvalue weighted by Gasteiger charge is -2.07. The molecule has 4 nitrogen and oxygen atoms in total. The number of halogens is 1. The Bertz CT molecular complexity index is 853. The van der Waals surface area contributed by atoms with Gasteiger partial charge >= 0.3 is 5.97 Å². The maximum atomic E-state index is 13.7. The quantitative estimate of drug-likeness (QED) is 0.726. The van der Waals surface area contributed by atoms with Crippen molar-refractivity contribution < 1.29 is 19.4 Å². The molecular weight excluding hydrogens is 329 g/mol. The number of benzene rings is 1. The summed E-state index contributed by atoms with van der Waals surface area (Å²) in [5.41, 5.74) is 3.04. The van der Waals surface area contributed by atoms with Gasteiger partial charge in [-0.2, -0.15) is 11.3 Å². The molecule has 0 fully saturated rings. The Balaban J connectivity index is 0.00000100. The first-order valence-electron chi connectivity index (χ1n) is 7.70. The van der Waals surface area contributed by atoms with E-state index in [0.717, 1.165) is 11.3 Å². The van der Waals surface area contributed by atoms with E-state index in [9.17, 15) is 14.3 Å². The smallest absolute Gasteiger partial charge is 0.307 e. The molecule has 0 saturated carbocycles. The number of nitrogens with zero attached hydrogens (tertiary/aromatic N) is 1. The normalized spacial score (nSPS) is 10.5. The summed E-state index contributed by atoms with van der Waals surface area (Å²) in [4.78, 5) is 11.1. The van der Waals surface area contributed by atoms with Crippen LogP contribution in [0.2, 0.25) is 0 Å². The summed E-state index contributed by atoms with van der Waals surface area (Å²) in [6, 6.07) is 4.54. The highest BCUT2D eigenvalue weighted by Gasteiger charge is 2.19. The third-order valence-corrected chi connectivity index (χ3v) is 4.50. The first-order valence-corrected chi connectivity index (χ1v) is 8.64. The molecule has 0 bridgehead atoms. The molecular formula is C18H20FNO3S. The summed E-state index contributed by atoms with van der Waals surface area (Å²) < 4.78 is 15.6. The largest absolute Gasteiger partial charge is 0.505 e. The summed E-state index contributed by atoms with van der Waals surface area (Å²) >= 11 is 1.57. The van der Waals surface area contributed by atoms with Crippen molar-refractivity contribution in [2.24, 2.45) is 0 Å². The molecule has 2 N–H and O–H groups in total. The number of aromatic hydroxyl groups is 1. The standard InChI is InChI=1S/C16H14FNO3S.C2H6/c1-9-11(5-16(20)21)12-4-15(19)13(17)6-14(12)18(9)7-10-2-3-22-8-10;1-2/h2-4,6,8,19H,5,7H2,1H3,(H,20,21);1-2H3. The molecule has 6 heteroatoms. The number of carboxylic acid groups (broad SMARTS) is 1. The Morgan fingerprint density at radius 1 is 1.33 bits per heavy atom. The van der Waals surface area contributed by atoms with Gasteiger partial charge in [-0.1, -0.05) is 13.8 Å². The van der Waals surface area contributed by atoms with Crippen LogP contribution in [0.1, 0.15) is 30.7 Å². The van der Waals surface area contributed by atoms with Gasteiger partial charge in [0.1, 0.15) is 0 Å². The maximum Gasteiger partial charge on any atom is 0.307 e. The van der Waals surface area contributed by atoms with Crippen molar-refractivity contribution >= 4 is 28.2 Å². The molecule has 0 amide bonds. The van der Waals surface area contributed by atoms with E-state index in [4.69, 9.17) is 5.11 Å². The van der Waals surface area contributed by atoms with Gasteiger partial charge in [-0.3, -0.25) is 4.79 Å². The predicted molar refractivity (Wildman–Crippen MR) is 94.4 cm³/mol. The van der Waals surface area contributed by atoms with Crippen molar-refractivity contribution in [1.82, 2.24) is 4.57 Å². The first-order chi connectivity index (χ1) is 11.5. The van der Waals surface area contributed by atoms with E-state index in [1.807, 2.05) is 42.2 Å². The highest BCUT2D eigenvalue weighted by Crippen LogP contribution is 2.32. The molecule has 0 unspecified atom stereocenters. The molecule has 0 saturated heterocycles. The number of aliphatic carboxylic acids is 1. The Kier molecular flexibility index (Phi) is 5.62. The second-order valence-corrected chi connectivity index (χ2v) is 5.95. The minimum absolute atomic E-state index is 0.163. The molecule has 3 rings (SSSR count). The molecule has 0 spiro atoms. The Morgan fingerprint density at radius 3 is 2.62 bits per heavy atom. The summed E-state index contributed by atoms with van der Waals surface area (Å²) in [5, 5.41) is 23.2. The fourth-order valence-electron chi connectivity index (χ4n) is 2.70. The third kappa shape index (κ3) is 3.43. The molecule has 1 aromatic carbocycles. The first kappa shape index (κ1) is 18.0. The van der Waals surface area contributed by atoms with Gasteiger partial charge in [-0.25, -0.2) is 4.39 Å². The van der Waals surface area contributed by atoms with Gasteiger partial charge in [0.2, 0.25) is 0 Å². The van der Waals surface area contributed by atoms with Crippen molar-refractivity contribution in [2.75, 3.05) is 0 Å². The number of carbonyl (C=O) groups is 1. The highest BCUT2D eigenvalue weighted by atomic mass is 32.1. The zero-order chi connectivity index (χ0) is 17.9. The number of rotatable bonds is 4. The zero-order valence-corrected chi connectivity index (χ0v) is 14.7. The van der Waals surface area contributed by atoms with E-state index >= 15 is 0 Å². The van der Waals surface area contributed by atoms with Gasteiger partial charge in [0.15, 0.2) is 11.6 Å². The maximum absolute atomic E-state index is 13.7. The number of hydrogen-bond donors (Lipinski definition) is 2. The lowest BCUT2D eigenvalue weighted by atomic mass is 10.1. The van der Waals surface area contributed by atoms with Gasteiger partial charge in [0.05, 0.1) is 11.9 Å². The van der Waals surface area contributed by atoms with Gasteiger partial charge in [-0.15, -0.1) is 0 Å². The number of fused-ring (bicyclic) bond motifs is 1. The summed E-state index contributed by atoms with van der Waals surface area (Å²) in [5.74, 6) is -2.13. The van der Waals surface area contributed by atoms with E-state index in [1.54, 1.807) is 11.3 Å². The van der Waals surface area contributed by atoms with Crippen LogP contribution in [-0.4, -0.2) is 20.7 Å². The third-order valence-electron chi connectivity index (χ3n) is 3.77. The highest BCUT2D eigenvalue weighted by molar-refractivity contribution is 7.07. The Morgan fingerprint density at radius 2 is 2.04 bits per heavy atom. The van der Waals surface area contributed by atoms with E-state index in [-0.39, 0.29) is 6.42 Å². The molecule has 3 aromatic rings. The second-order valence-electron chi connectivity index (χ2n) is 5.17. The zero-order valence-electron chi connectivity index (χ0n) is 13.8. The molecule has 2 aromatic heterocycles. The summed E-state index contributed by atoms with van der Waals surface area (Å²) in [6.45, 7) is 6.36. The molecule has 128 valence electrons. The van der Waals surface area contributed by atoms with Crippen LogP contribution in [0.4, 0.5) is 4.39 Å². The minimum atomic E-state index is -0.957. The molecule has 0 atom stereocenters. The topological polar surface area (TPSA) is 62.5 Å². The van der Waals surface area contributed by atoms with Crippen molar-refractivity contribution in [2.45, 2.75) is 33.7 Å². The number of phenols is 1. The molecule has 0 aliphatic heterocycles. The van der Waals surface area contributed by atoms with Crippen LogP contribution in [0.15, 0.2) is 29.0 Å². The fourth-order valence-corrected chi connectivity index (χ4v) is 3.36. The van der Waals surface area contributed by atoms with E-state index < -0.39 is 17.5 Å². The van der Waals surface area contributed by atoms with Crippen LogP contribution >= 0.6 is 11.3 Å². The van der Waals surface area contributed by atoms with Crippen molar-refractivity contribution in [3.63, 3.8) is 0 Å². The average Bonchev–Trinajstić information content (AvgIpc) is 3.14. The molecule has 24 heavy (non-hydrogen) atoms. The van der Waals surface area contributed by atoms with Crippen LogP contribution in [0, 0.1) is 12.7 Å². The van der Waals surface area contributed by atoms with Crippen molar-refractivity contribution in [3.05, 3.63) is 51.6 Å². The summed E-state index contributed by atoms with van der Waals surface area (Å²) in [7, 11) is 0. The molecule has 0 radical (unpaired) electrons. The fraction of sp³-hybridized carbons (Fsp3) is 0.278. The minimum Gasteiger partial charge on any atom is -0.505 e. The SMILES string of the molecule is CC.Cc1c(CC(=O)O)c2cc(O)c(F)cc2n1Cc1ccsc1. The van der Waals surface area contributed by atoms with E-state index in [0.29, 0.717) is 23.0 Å². The Hall–Kier alpha value is -2.34. The van der Waals surface area contributed by atoms with Crippen molar-refractivity contribution in [1.29, 1.82) is 0 Å². The number of carboxylic acids is 1. The van der Waals surface area contributed by atoms with Crippen LogP contribution in [0.5, 0.6) is 5.75 Å². The van der Waals surface area contributed by atoms with Crippen LogP contribution < -0.4 is 0 Å². The van der Waals surface area contributed by atoms with Gasteiger partial charge < -0.3 is 14.8 Å². The van der Waals surface area contributed by atoms with Crippen LogP contribution in [0.25, 0.3) is 10.9 Å². The van der Waals surface area contributed by atoms with E-state index in [2.05, 4.69) is 0 Å². The van der Waals surface area contributed by atoms with Gasteiger partial charge in [-0.05, 0) is 40.9 Å². The van der Waals surface area contributed by atoms with Crippen molar-refractivity contribution in [3.8, 4) is 5.75 Å². The van der Waals surface area contributed by atoms with Gasteiger partial charge in [0, 0.05) is 23.7 Å². The predicted octanol–water partition coefficient (Wildman–Crippen LogP) is 4.56. The number of hydrogen-bond acceptors (Lipinski definition) is 3. The summed E-state index contributed by atoms with van der Waals surface area (Å²) in [6.07, 6.45) is -0.163. The van der Waals surface area contributed by atoms with Crippen LogP contribution in [0.3, 0.4) is 0 Å². The van der Waals surface area contributed by atoms with Gasteiger partial charge in [0.25, 0.3) is 0 Å². The monoisotopic (exact) mass is 349 g/mol. The molecule has 0 aliphatic rings. The molecule has 0 aliphatic carbocycles. The Labute approximate surface area is 143 Å². The number of phenolic OH excluding ortho intramolecular Hbond substituents is 1.